The van der Waals surface area contributed by atoms with Crippen molar-refractivity contribution in [1.29, 1.82) is 0 Å². The Hall–Kier alpha value is -0.335. The Labute approximate surface area is 102 Å². The molecular weight excluding hydrogens is 313 g/mol. The molecule has 0 atom stereocenters. The lowest BCUT2D eigenvalue weighted by atomic mass is 9.80. The van der Waals surface area contributed by atoms with Gasteiger partial charge in [0.15, 0.2) is 11.6 Å². The Kier molecular flexibility index (Phi) is 4.36. The van der Waals surface area contributed by atoms with Crippen LogP contribution in [0, 0.1) is 9.39 Å². The summed E-state index contributed by atoms with van der Waals surface area (Å²) in [5.74, 6) is -0.651. The molecule has 0 aromatic heterocycles. The van der Waals surface area contributed by atoms with Crippen molar-refractivity contribution < 1.29 is 19.2 Å². The lowest BCUT2D eigenvalue weighted by Crippen LogP contribution is -2.33. The van der Waals surface area contributed by atoms with Crippen LogP contribution >= 0.6 is 22.6 Å². The summed E-state index contributed by atoms with van der Waals surface area (Å²) in [7, 11) is -1.82. The highest BCUT2D eigenvalue weighted by atomic mass is 127. The van der Waals surface area contributed by atoms with E-state index in [1.165, 1.54) is 6.07 Å². The van der Waals surface area contributed by atoms with Gasteiger partial charge >= 0.3 is 7.12 Å². The molecule has 15 heavy (non-hydrogen) atoms. The van der Waals surface area contributed by atoms with Gasteiger partial charge in [0.2, 0.25) is 0 Å². The van der Waals surface area contributed by atoms with E-state index in [-0.39, 0.29) is 17.3 Å². The van der Waals surface area contributed by atoms with Gasteiger partial charge in [0.25, 0.3) is 0 Å². The number of benzene rings is 1. The maximum Gasteiger partial charge on any atom is 0.491 e. The molecule has 1 rings (SSSR count). The zero-order valence-corrected chi connectivity index (χ0v) is 10.5. The van der Waals surface area contributed by atoms with Crippen molar-refractivity contribution in [3.63, 3.8) is 0 Å². The molecule has 0 saturated heterocycles. The summed E-state index contributed by atoms with van der Waals surface area (Å²) in [6.45, 7) is 3.55. The van der Waals surface area contributed by atoms with Gasteiger partial charge in [-0.25, -0.2) is 4.39 Å². The molecule has 3 nitrogen and oxygen atoms in total. The van der Waals surface area contributed by atoms with Crippen molar-refractivity contribution in [1.82, 2.24) is 0 Å². The zero-order valence-electron chi connectivity index (χ0n) is 8.37. The number of rotatable bonds is 3. The predicted octanol–water partition coefficient (Wildman–Crippen LogP) is 0.897. The second-order valence-corrected chi connectivity index (χ2v) is 4.48. The first-order valence-electron chi connectivity index (χ1n) is 4.44. The first kappa shape index (κ1) is 12.7. The predicted molar refractivity (Wildman–Crippen MR) is 64.7 cm³/mol. The average Bonchev–Trinajstić information content (AvgIpc) is 2.11. The fourth-order valence-corrected chi connectivity index (χ4v) is 1.63. The third kappa shape index (κ3) is 3.06. The first-order valence-corrected chi connectivity index (χ1v) is 5.52. The summed E-state index contributed by atoms with van der Waals surface area (Å²) >= 11 is 1.93. The van der Waals surface area contributed by atoms with Crippen molar-refractivity contribution in [3.8, 4) is 5.75 Å². The van der Waals surface area contributed by atoms with E-state index in [1.807, 2.05) is 22.6 Å². The molecule has 2 N–H and O–H groups in total. The Balaban J connectivity index is 3.18. The molecular formula is C9H11BFIO3. The Morgan fingerprint density at radius 2 is 2.00 bits per heavy atom. The zero-order chi connectivity index (χ0) is 11.6. The lowest BCUT2D eigenvalue weighted by molar-refractivity contribution is 0.229. The summed E-state index contributed by atoms with van der Waals surface area (Å²) < 4.78 is 19.6. The van der Waals surface area contributed by atoms with Gasteiger partial charge in [-0.1, -0.05) is 6.07 Å². The van der Waals surface area contributed by atoms with Gasteiger partial charge in [-0.15, -0.1) is 0 Å². The van der Waals surface area contributed by atoms with Crippen LogP contribution in [0.4, 0.5) is 4.39 Å². The van der Waals surface area contributed by atoms with E-state index < -0.39 is 12.9 Å². The molecule has 1 aromatic carbocycles. The quantitative estimate of drug-likeness (QED) is 0.642. The van der Waals surface area contributed by atoms with E-state index in [0.717, 1.165) is 0 Å². The van der Waals surface area contributed by atoms with E-state index >= 15 is 0 Å². The molecule has 1 aromatic rings. The Morgan fingerprint density at radius 3 is 2.47 bits per heavy atom. The molecule has 0 bridgehead atoms. The van der Waals surface area contributed by atoms with Crippen LogP contribution in [0.3, 0.4) is 0 Å². The van der Waals surface area contributed by atoms with Crippen LogP contribution in [0.1, 0.15) is 13.8 Å². The van der Waals surface area contributed by atoms with Gasteiger partial charge in [0.05, 0.1) is 9.67 Å². The normalized spacial score (nSPS) is 10.6. The monoisotopic (exact) mass is 324 g/mol. The summed E-state index contributed by atoms with van der Waals surface area (Å²) in [5, 5.41) is 17.8. The number of hydrogen-bond donors (Lipinski definition) is 2. The molecule has 0 saturated carbocycles. The molecule has 0 aliphatic rings. The van der Waals surface area contributed by atoms with Crippen molar-refractivity contribution in [2.24, 2.45) is 0 Å². The fourth-order valence-electron chi connectivity index (χ4n) is 1.09. The third-order valence-corrected chi connectivity index (χ3v) is 2.56. The molecule has 0 heterocycles. The molecule has 0 amide bonds. The average molecular weight is 324 g/mol. The second-order valence-electron chi connectivity index (χ2n) is 3.32. The number of ether oxygens (including phenoxy) is 1. The van der Waals surface area contributed by atoms with E-state index in [0.29, 0.717) is 3.57 Å². The standard InChI is InChI=1S/C9H11BFIO3/c1-5(2)15-9-7(12)4-3-6(8(9)11)10(13)14/h3-5,13-14H,1-2H3. The minimum absolute atomic E-state index is 0.0659. The maximum absolute atomic E-state index is 13.7. The SMILES string of the molecule is CC(C)Oc1c(I)ccc(B(O)O)c1F. The third-order valence-electron chi connectivity index (χ3n) is 1.71. The molecule has 82 valence electrons. The largest absolute Gasteiger partial charge is 0.491 e. The van der Waals surface area contributed by atoms with Crippen LogP contribution in [0.2, 0.25) is 0 Å². The molecule has 0 aliphatic heterocycles. The summed E-state index contributed by atoms with van der Waals surface area (Å²) in [5.41, 5.74) is -0.175. The highest BCUT2D eigenvalue weighted by Crippen LogP contribution is 2.24. The van der Waals surface area contributed by atoms with Gasteiger partial charge in [-0.05, 0) is 42.5 Å². The minimum Gasteiger partial charge on any atom is -0.487 e. The highest BCUT2D eigenvalue weighted by Gasteiger charge is 2.22. The highest BCUT2D eigenvalue weighted by molar-refractivity contribution is 14.1. The molecule has 6 heteroatoms. The van der Waals surface area contributed by atoms with Gasteiger partial charge < -0.3 is 14.8 Å². The Morgan fingerprint density at radius 1 is 1.40 bits per heavy atom. The molecule has 0 fully saturated rings. The van der Waals surface area contributed by atoms with E-state index in [4.69, 9.17) is 14.8 Å². The van der Waals surface area contributed by atoms with Crippen molar-refractivity contribution in [2.45, 2.75) is 20.0 Å². The van der Waals surface area contributed by atoms with Gasteiger partial charge in [0.1, 0.15) is 0 Å². The molecule has 0 radical (unpaired) electrons. The van der Waals surface area contributed by atoms with Crippen LogP contribution in [-0.2, 0) is 0 Å². The lowest BCUT2D eigenvalue weighted by Gasteiger charge is -2.14. The van der Waals surface area contributed by atoms with Crippen LogP contribution in [0.15, 0.2) is 12.1 Å². The Bertz CT molecular complexity index is 357. The number of halogens is 2. The molecule has 0 spiro atoms. The van der Waals surface area contributed by atoms with E-state index in [9.17, 15) is 4.39 Å². The smallest absolute Gasteiger partial charge is 0.487 e. The number of hydrogen-bond acceptors (Lipinski definition) is 3. The van der Waals surface area contributed by atoms with E-state index in [2.05, 4.69) is 0 Å². The topological polar surface area (TPSA) is 49.7 Å². The van der Waals surface area contributed by atoms with Gasteiger partial charge in [0, 0.05) is 5.46 Å². The summed E-state index contributed by atoms with van der Waals surface area (Å²) in [6.07, 6.45) is -0.167. The van der Waals surface area contributed by atoms with Crippen molar-refractivity contribution in [3.05, 3.63) is 21.5 Å². The van der Waals surface area contributed by atoms with Crippen LogP contribution in [-0.4, -0.2) is 23.3 Å². The summed E-state index contributed by atoms with van der Waals surface area (Å²) in [6, 6.07) is 2.91. The fraction of sp³-hybridized carbons (Fsp3) is 0.333. The van der Waals surface area contributed by atoms with Gasteiger partial charge in [-0.2, -0.15) is 0 Å². The maximum atomic E-state index is 13.7. The first-order chi connectivity index (χ1) is 6.93. The molecule has 0 unspecified atom stereocenters. The van der Waals surface area contributed by atoms with Crippen molar-refractivity contribution in [2.75, 3.05) is 0 Å². The van der Waals surface area contributed by atoms with Crippen LogP contribution in [0.25, 0.3) is 0 Å². The van der Waals surface area contributed by atoms with Gasteiger partial charge in [-0.3, -0.25) is 0 Å². The van der Waals surface area contributed by atoms with Crippen molar-refractivity contribution >= 4 is 35.2 Å². The molecule has 0 aliphatic carbocycles. The minimum atomic E-state index is -1.82. The van der Waals surface area contributed by atoms with Crippen LogP contribution < -0.4 is 10.2 Å². The second kappa shape index (κ2) is 5.13. The van der Waals surface area contributed by atoms with E-state index in [1.54, 1.807) is 19.9 Å². The van der Waals surface area contributed by atoms with Crippen LogP contribution in [0.5, 0.6) is 5.75 Å². The summed E-state index contributed by atoms with van der Waals surface area (Å²) in [4.78, 5) is 0.